The average molecular weight is 479 g/mol. The van der Waals surface area contributed by atoms with Crippen molar-refractivity contribution in [2.75, 3.05) is 12.8 Å². The van der Waals surface area contributed by atoms with Gasteiger partial charge in [0, 0.05) is 0 Å². The quantitative estimate of drug-likeness (QED) is 0.204. The summed E-state index contributed by atoms with van der Waals surface area (Å²) in [7, 11) is -3.85. The van der Waals surface area contributed by atoms with Crippen molar-refractivity contribution in [1.29, 1.82) is 0 Å². The minimum atomic E-state index is -3.85. The Hall–Kier alpha value is -2.65. The fourth-order valence-electron chi connectivity index (χ4n) is 2.56. The summed E-state index contributed by atoms with van der Waals surface area (Å²) in [5.41, 5.74) is 5.51. The van der Waals surface area contributed by atoms with Gasteiger partial charge in [-0.2, -0.15) is 8.78 Å². The van der Waals surface area contributed by atoms with Crippen LogP contribution < -0.4 is 15.0 Å². The van der Waals surface area contributed by atoms with Gasteiger partial charge < -0.3 is 19.7 Å². The number of esters is 1. The molecule has 0 aliphatic carbocycles. The highest BCUT2D eigenvalue weighted by Gasteiger charge is 2.72. The molecule has 12 heteroatoms. The molecule has 0 bridgehead atoms. The Morgan fingerprint density at radius 2 is 1.50 bits per heavy atom. The molecule has 0 spiro atoms. The van der Waals surface area contributed by atoms with E-state index in [2.05, 4.69) is 0 Å². The smallest absolute Gasteiger partial charge is 0.338 e. The summed E-state index contributed by atoms with van der Waals surface area (Å²) in [6.45, 7) is 5.42. The van der Waals surface area contributed by atoms with E-state index in [1.807, 2.05) is 0 Å². The molecule has 3 rings (SSSR count). The molecule has 0 saturated carbocycles. The van der Waals surface area contributed by atoms with Crippen molar-refractivity contribution in [2.45, 2.75) is 26.1 Å². The van der Waals surface area contributed by atoms with Crippen LogP contribution >= 0.6 is 7.37 Å². The first kappa shape index (κ1) is 24.0. The van der Waals surface area contributed by atoms with Crippen LogP contribution in [-0.4, -0.2) is 24.0 Å². The Bertz CT molecular complexity index is 1110. The van der Waals surface area contributed by atoms with E-state index in [-0.39, 0.29) is 23.9 Å². The zero-order chi connectivity index (χ0) is 24.1. The fourth-order valence-corrected chi connectivity index (χ4v) is 4.64. The Kier molecular flexibility index (Phi) is 6.03. The topological polar surface area (TPSA) is 87.9 Å². The third-order valence-corrected chi connectivity index (χ3v) is 7.00. The number of rotatable bonds is 6. The summed E-state index contributed by atoms with van der Waals surface area (Å²) in [6, 6.07) is 4.93. The molecule has 1 aliphatic heterocycles. The van der Waals surface area contributed by atoms with Crippen LogP contribution in [0.15, 0.2) is 24.3 Å². The molecule has 1 aliphatic rings. The monoisotopic (exact) mass is 479 g/mol. The number of para-hydroxylation sites is 2. The number of ether oxygens (including phenoxy) is 2. The average Bonchev–Trinajstić information content (AvgIpc) is 3.28. The predicted octanol–water partition coefficient (Wildman–Crippen LogP) is 5.09. The normalized spacial score (nSPS) is 22.4. The first-order valence-electron chi connectivity index (χ1n) is 9.23. The first-order chi connectivity index (χ1) is 14.7. The molecule has 2 N–H and O–H groups in total. The molecule has 0 amide bonds. The minimum absolute atomic E-state index is 0.00469. The van der Waals surface area contributed by atoms with Crippen LogP contribution in [0.5, 0.6) is 17.2 Å². The van der Waals surface area contributed by atoms with E-state index >= 15 is 0 Å². The van der Waals surface area contributed by atoms with Gasteiger partial charge in [-0.25, -0.2) is 18.0 Å². The van der Waals surface area contributed by atoms with Gasteiger partial charge in [-0.3, -0.25) is 4.57 Å². The number of benzene rings is 2. The number of carbonyl (C=O) groups is 1. The maximum absolute atomic E-state index is 14.0. The molecule has 1 fully saturated rings. The van der Waals surface area contributed by atoms with Crippen LogP contribution in [0.4, 0.5) is 22.0 Å². The van der Waals surface area contributed by atoms with Gasteiger partial charge in [0.2, 0.25) is 40.1 Å². The van der Waals surface area contributed by atoms with Crippen molar-refractivity contribution >= 4 is 13.3 Å². The largest absolute Gasteiger partial charge is 0.463 e. The molecule has 2 aromatic carbocycles. The number of hydrogen-bond acceptors (Lipinski definition) is 6. The van der Waals surface area contributed by atoms with Crippen LogP contribution in [-0.2, 0) is 14.1 Å². The molecule has 6 nitrogen and oxygen atoms in total. The van der Waals surface area contributed by atoms with Crippen LogP contribution in [0.3, 0.4) is 0 Å². The maximum Gasteiger partial charge on any atom is 0.338 e. The summed E-state index contributed by atoms with van der Waals surface area (Å²) in [5, 5.41) is -1.93. The molecule has 32 heavy (non-hydrogen) atoms. The molecule has 2 aromatic rings. The number of hydrogen-bond donors (Lipinski definition) is 1. The van der Waals surface area contributed by atoms with Gasteiger partial charge in [0.05, 0.1) is 12.8 Å². The number of nitrogens with two attached hydrogens (primary N) is 1. The summed E-state index contributed by atoms with van der Waals surface area (Å²) < 4.78 is 96.4. The van der Waals surface area contributed by atoms with E-state index < -0.39 is 59.2 Å². The highest BCUT2D eigenvalue weighted by molar-refractivity contribution is 7.70. The third kappa shape index (κ3) is 4.31. The van der Waals surface area contributed by atoms with Crippen molar-refractivity contribution in [3.05, 3.63) is 53.4 Å². The van der Waals surface area contributed by atoms with Gasteiger partial charge >= 0.3 is 5.97 Å². The zero-order valence-corrected chi connectivity index (χ0v) is 18.1. The third-order valence-electron chi connectivity index (χ3n) is 4.42. The van der Waals surface area contributed by atoms with Gasteiger partial charge in [0.25, 0.3) is 7.37 Å². The van der Waals surface area contributed by atoms with Crippen molar-refractivity contribution in [3.63, 3.8) is 0 Å². The summed E-state index contributed by atoms with van der Waals surface area (Å²) in [4.78, 5) is 12.3. The lowest BCUT2D eigenvalue weighted by Crippen LogP contribution is -2.37. The van der Waals surface area contributed by atoms with Crippen LogP contribution in [0, 0.1) is 34.5 Å². The van der Waals surface area contributed by atoms with Gasteiger partial charge in [-0.1, -0.05) is 32.9 Å². The Morgan fingerprint density at radius 1 is 1.00 bits per heavy atom. The van der Waals surface area contributed by atoms with Crippen LogP contribution in [0.1, 0.15) is 20.8 Å². The fraction of sp³-hybridized carbons (Fsp3) is 0.350. The molecule has 2 atom stereocenters. The lowest BCUT2D eigenvalue weighted by Gasteiger charge is -2.20. The molecule has 174 valence electrons. The lowest BCUT2D eigenvalue weighted by molar-refractivity contribution is -0.147. The highest BCUT2D eigenvalue weighted by atomic mass is 31.2. The second-order valence-electron chi connectivity index (χ2n) is 8.43. The lowest BCUT2D eigenvalue weighted by atomic mass is 9.99. The Labute approximate surface area is 179 Å². The van der Waals surface area contributed by atoms with Crippen molar-refractivity contribution in [3.8, 4) is 17.2 Å². The Morgan fingerprint density at radius 3 is 2.03 bits per heavy atom. The van der Waals surface area contributed by atoms with Gasteiger partial charge in [0.15, 0.2) is 11.5 Å². The molecular formula is C20H19F5NO5P. The molecular weight excluding hydrogens is 460 g/mol. The van der Waals surface area contributed by atoms with E-state index in [1.165, 1.54) is 18.2 Å². The molecule has 1 saturated heterocycles. The van der Waals surface area contributed by atoms with Gasteiger partial charge in [-0.15, -0.1) is 0 Å². The highest BCUT2D eigenvalue weighted by Crippen LogP contribution is 2.73. The summed E-state index contributed by atoms with van der Waals surface area (Å²) in [5.74, 6) is -14.6. The molecule has 0 radical (unpaired) electrons. The standard InChI is InChI=1S/C20H19F5NO5P/c1-19(2,3)8-29-18(27)20(26)9-32(20,28)31-11-7-5-4-6-10(11)30-17-15(24)13(22)12(21)14(23)16(17)25/h4-7H,8-9,26H2,1-3H3/t20-,32?/m1/s1. The van der Waals surface area contributed by atoms with E-state index in [0.29, 0.717) is 0 Å². The maximum atomic E-state index is 14.0. The second-order valence-corrected chi connectivity index (χ2v) is 11.1. The predicted molar refractivity (Wildman–Crippen MR) is 103 cm³/mol. The van der Waals surface area contributed by atoms with E-state index in [9.17, 15) is 31.3 Å². The van der Waals surface area contributed by atoms with Crippen molar-refractivity contribution in [1.82, 2.24) is 0 Å². The number of halogens is 5. The minimum Gasteiger partial charge on any atom is -0.463 e. The molecule has 1 heterocycles. The number of carbonyl (C=O) groups excluding carboxylic acids is 1. The van der Waals surface area contributed by atoms with E-state index in [4.69, 9.17) is 19.7 Å². The second kappa shape index (κ2) is 8.04. The van der Waals surface area contributed by atoms with Crippen LogP contribution in [0.25, 0.3) is 0 Å². The van der Waals surface area contributed by atoms with E-state index in [0.717, 1.165) is 6.07 Å². The zero-order valence-electron chi connectivity index (χ0n) is 17.2. The molecule has 0 aromatic heterocycles. The first-order valence-corrected chi connectivity index (χ1v) is 11.0. The summed E-state index contributed by atoms with van der Waals surface area (Å²) >= 11 is 0. The summed E-state index contributed by atoms with van der Waals surface area (Å²) in [6.07, 6.45) is -0.375. The van der Waals surface area contributed by atoms with Crippen LogP contribution in [0.2, 0.25) is 0 Å². The van der Waals surface area contributed by atoms with Crippen molar-refractivity contribution in [2.24, 2.45) is 11.1 Å². The SMILES string of the molecule is CC(C)(C)COC(=O)[C@@]1(N)CP1(=O)Oc1ccccc1Oc1c(F)c(F)c(F)c(F)c1F. The van der Waals surface area contributed by atoms with Crippen molar-refractivity contribution < 1.29 is 45.3 Å². The van der Waals surface area contributed by atoms with Gasteiger partial charge in [-0.05, 0) is 17.5 Å². The molecule has 1 unspecified atom stereocenters. The van der Waals surface area contributed by atoms with E-state index in [1.54, 1.807) is 20.8 Å². The Balaban J connectivity index is 1.85. The van der Waals surface area contributed by atoms with Gasteiger partial charge in [0.1, 0.15) is 0 Å².